The summed E-state index contributed by atoms with van der Waals surface area (Å²) in [6.45, 7) is 6.45. The first-order chi connectivity index (χ1) is 7.81. The average Bonchev–Trinajstić information content (AvgIpc) is 2.30. The van der Waals surface area contributed by atoms with Gasteiger partial charge in [-0.05, 0) is 12.1 Å². The summed E-state index contributed by atoms with van der Waals surface area (Å²) in [6, 6.07) is 9.31. The molecule has 0 atom stereocenters. The number of aromatic nitrogens is 1. The van der Waals surface area contributed by atoms with Gasteiger partial charge in [0.1, 0.15) is 0 Å². The minimum Gasteiger partial charge on any atom is -0.318 e. The second kappa shape index (κ2) is 4.41. The number of carbonyl (C=O) groups is 1. The van der Waals surface area contributed by atoms with Gasteiger partial charge in [0.05, 0.1) is 11.2 Å². The number of amides is 1. The standard InChI is InChI=1S/C12H9N3O/c1-13-8-11(16)15-10-6-2-4-9-5-3-7-14-12(9)10/h2-7H,8H2,(H,15,16). The Bertz CT molecular complexity index is 566. The maximum atomic E-state index is 11.3. The van der Waals surface area contributed by atoms with Crippen molar-refractivity contribution in [3.05, 3.63) is 47.9 Å². The Labute approximate surface area is 92.7 Å². The van der Waals surface area contributed by atoms with E-state index in [1.54, 1.807) is 12.3 Å². The van der Waals surface area contributed by atoms with Gasteiger partial charge in [0.15, 0.2) is 0 Å². The number of hydrogen-bond donors (Lipinski definition) is 1. The third-order valence-corrected chi connectivity index (χ3v) is 2.13. The van der Waals surface area contributed by atoms with E-state index in [-0.39, 0.29) is 12.5 Å². The maximum absolute atomic E-state index is 11.3. The number of para-hydroxylation sites is 1. The van der Waals surface area contributed by atoms with Crippen molar-refractivity contribution in [2.45, 2.75) is 0 Å². The van der Waals surface area contributed by atoms with Crippen LogP contribution in [-0.2, 0) is 4.79 Å². The fourth-order valence-electron chi connectivity index (χ4n) is 1.47. The Kier molecular flexibility index (Phi) is 2.79. The minimum absolute atomic E-state index is 0.163. The van der Waals surface area contributed by atoms with Crippen LogP contribution >= 0.6 is 0 Å². The lowest BCUT2D eigenvalue weighted by atomic mass is 10.2. The molecule has 16 heavy (non-hydrogen) atoms. The highest BCUT2D eigenvalue weighted by Crippen LogP contribution is 2.20. The van der Waals surface area contributed by atoms with Gasteiger partial charge < -0.3 is 10.2 Å². The van der Waals surface area contributed by atoms with E-state index in [2.05, 4.69) is 15.1 Å². The number of anilines is 1. The summed E-state index contributed by atoms with van der Waals surface area (Å²) in [5.41, 5.74) is 1.38. The quantitative estimate of drug-likeness (QED) is 0.773. The van der Waals surface area contributed by atoms with E-state index in [9.17, 15) is 4.79 Å². The molecular weight excluding hydrogens is 202 g/mol. The van der Waals surface area contributed by atoms with E-state index in [1.807, 2.05) is 24.3 Å². The van der Waals surface area contributed by atoms with Crippen LogP contribution in [0.2, 0.25) is 0 Å². The molecular formula is C12H9N3O. The SMILES string of the molecule is [C-]#[N+]CC(=O)Nc1cccc2cccnc12. The predicted octanol–water partition coefficient (Wildman–Crippen LogP) is 2.09. The Morgan fingerprint density at radius 1 is 1.38 bits per heavy atom. The third-order valence-electron chi connectivity index (χ3n) is 2.13. The van der Waals surface area contributed by atoms with Crippen LogP contribution in [0, 0.1) is 6.57 Å². The molecule has 0 unspecified atom stereocenters. The number of nitrogens with zero attached hydrogens (tertiary/aromatic N) is 2. The van der Waals surface area contributed by atoms with Gasteiger partial charge in [-0.3, -0.25) is 9.78 Å². The Balaban J connectivity index is 2.38. The summed E-state index contributed by atoms with van der Waals surface area (Å²) in [4.78, 5) is 18.5. The molecule has 0 spiro atoms. The first-order valence-corrected chi connectivity index (χ1v) is 4.78. The van der Waals surface area contributed by atoms with Crippen LogP contribution in [0.5, 0.6) is 0 Å². The summed E-state index contributed by atoms with van der Waals surface area (Å²) >= 11 is 0. The lowest BCUT2D eigenvalue weighted by Gasteiger charge is -2.04. The van der Waals surface area contributed by atoms with Crippen molar-refractivity contribution in [1.29, 1.82) is 0 Å². The van der Waals surface area contributed by atoms with Crippen LogP contribution in [0.15, 0.2) is 36.5 Å². The molecule has 0 aliphatic rings. The fourth-order valence-corrected chi connectivity index (χ4v) is 1.47. The number of fused-ring (bicyclic) bond motifs is 1. The second-order valence-electron chi connectivity index (χ2n) is 3.25. The van der Waals surface area contributed by atoms with Gasteiger partial charge in [-0.15, -0.1) is 0 Å². The largest absolute Gasteiger partial charge is 0.318 e. The van der Waals surface area contributed by atoms with Gasteiger partial charge in [-0.2, -0.15) is 0 Å². The van der Waals surface area contributed by atoms with Crippen molar-refractivity contribution in [2.75, 3.05) is 11.9 Å². The van der Waals surface area contributed by atoms with E-state index in [0.717, 1.165) is 10.9 Å². The molecule has 1 amide bonds. The molecule has 4 heteroatoms. The van der Waals surface area contributed by atoms with Gasteiger partial charge in [0, 0.05) is 11.6 Å². The molecule has 0 saturated heterocycles. The van der Waals surface area contributed by atoms with Crippen LogP contribution in [0.4, 0.5) is 5.69 Å². The topological polar surface area (TPSA) is 46.4 Å². The monoisotopic (exact) mass is 211 g/mol. The molecule has 1 N–H and O–H groups in total. The van der Waals surface area contributed by atoms with E-state index in [1.165, 1.54) is 0 Å². The van der Waals surface area contributed by atoms with Crippen LogP contribution in [-0.4, -0.2) is 17.4 Å². The van der Waals surface area contributed by atoms with Gasteiger partial charge >= 0.3 is 5.91 Å². The molecule has 78 valence electrons. The highest BCUT2D eigenvalue weighted by molar-refractivity contribution is 6.01. The zero-order valence-corrected chi connectivity index (χ0v) is 8.47. The summed E-state index contributed by atoms with van der Waals surface area (Å²) in [5, 5.41) is 3.63. The molecule has 1 aromatic carbocycles. The Morgan fingerprint density at radius 2 is 2.19 bits per heavy atom. The molecule has 0 aliphatic carbocycles. The zero-order valence-electron chi connectivity index (χ0n) is 8.47. The molecule has 0 saturated carbocycles. The van der Waals surface area contributed by atoms with Gasteiger partial charge in [0.2, 0.25) is 0 Å². The highest BCUT2D eigenvalue weighted by Gasteiger charge is 2.07. The van der Waals surface area contributed by atoms with Crippen molar-refractivity contribution in [3.8, 4) is 0 Å². The van der Waals surface area contributed by atoms with E-state index >= 15 is 0 Å². The zero-order chi connectivity index (χ0) is 11.4. The third kappa shape index (κ3) is 1.98. The maximum Gasteiger partial charge on any atom is 0.304 e. The smallest absolute Gasteiger partial charge is 0.304 e. The molecule has 1 heterocycles. The number of rotatable bonds is 2. The second-order valence-corrected chi connectivity index (χ2v) is 3.25. The summed E-state index contributed by atoms with van der Waals surface area (Å²) < 4.78 is 0. The van der Waals surface area contributed by atoms with Gasteiger partial charge in [-0.25, -0.2) is 6.57 Å². The van der Waals surface area contributed by atoms with Crippen molar-refractivity contribution >= 4 is 22.5 Å². The average molecular weight is 211 g/mol. The fraction of sp³-hybridized carbons (Fsp3) is 0.0833. The molecule has 4 nitrogen and oxygen atoms in total. The Morgan fingerprint density at radius 3 is 3.00 bits per heavy atom. The normalized spacial score (nSPS) is 9.69. The lowest BCUT2D eigenvalue weighted by Crippen LogP contribution is -2.14. The highest BCUT2D eigenvalue weighted by atomic mass is 16.1. The Hall–Kier alpha value is -2.41. The summed E-state index contributed by atoms with van der Waals surface area (Å²) in [6.07, 6.45) is 1.67. The first-order valence-electron chi connectivity index (χ1n) is 4.78. The number of pyridine rings is 1. The molecule has 2 rings (SSSR count). The van der Waals surface area contributed by atoms with E-state index < -0.39 is 0 Å². The van der Waals surface area contributed by atoms with Gasteiger partial charge in [-0.1, -0.05) is 18.2 Å². The molecule has 0 aliphatic heterocycles. The number of hydrogen-bond acceptors (Lipinski definition) is 2. The van der Waals surface area contributed by atoms with Crippen LogP contribution in [0.1, 0.15) is 0 Å². The molecule has 0 radical (unpaired) electrons. The van der Waals surface area contributed by atoms with Crippen LogP contribution in [0.25, 0.3) is 15.7 Å². The molecule has 0 bridgehead atoms. The molecule has 1 aromatic heterocycles. The number of benzene rings is 1. The number of nitrogens with one attached hydrogen (secondary N) is 1. The van der Waals surface area contributed by atoms with Gasteiger partial charge in [0.25, 0.3) is 6.54 Å². The van der Waals surface area contributed by atoms with Crippen molar-refractivity contribution < 1.29 is 4.79 Å². The van der Waals surface area contributed by atoms with Crippen LogP contribution in [0.3, 0.4) is 0 Å². The molecule has 0 fully saturated rings. The lowest BCUT2D eigenvalue weighted by molar-refractivity contribution is -0.114. The number of carbonyl (C=O) groups excluding carboxylic acids is 1. The predicted molar refractivity (Wildman–Crippen MR) is 61.8 cm³/mol. The summed E-state index contributed by atoms with van der Waals surface area (Å²) in [7, 11) is 0. The first kappa shape index (κ1) is 10.1. The van der Waals surface area contributed by atoms with Crippen molar-refractivity contribution in [2.24, 2.45) is 0 Å². The molecule has 2 aromatic rings. The minimum atomic E-state index is -0.312. The van der Waals surface area contributed by atoms with Crippen molar-refractivity contribution in [3.63, 3.8) is 0 Å². The van der Waals surface area contributed by atoms with Crippen LogP contribution < -0.4 is 5.32 Å². The van der Waals surface area contributed by atoms with E-state index in [0.29, 0.717) is 5.69 Å². The summed E-state index contributed by atoms with van der Waals surface area (Å²) in [5.74, 6) is -0.312. The van der Waals surface area contributed by atoms with E-state index in [4.69, 9.17) is 6.57 Å². The van der Waals surface area contributed by atoms with Crippen molar-refractivity contribution in [1.82, 2.24) is 4.98 Å².